The summed E-state index contributed by atoms with van der Waals surface area (Å²) >= 11 is 5.80. The lowest BCUT2D eigenvalue weighted by Gasteiger charge is -2.12. The van der Waals surface area contributed by atoms with Gasteiger partial charge in [0, 0.05) is 5.02 Å². The van der Waals surface area contributed by atoms with E-state index < -0.39 is 6.10 Å². The highest BCUT2D eigenvalue weighted by Gasteiger charge is 2.09. The molecule has 0 heterocycles. The van der Waals surface area contributed by atoms with Crippen molar-refractivity contribution >= 4 is 11.6 Å². The molecule has 0 saturated heterocycles. The van der Waals surface area contributed by atoms with Gasteiger partial charge in [-0.15, -0.1) is 0 Å². The van der Waals surface area contributed by atoms with E-state index in [0.717, 1.165) is 17.6 Å². The van der Waals surface area contributed by atoms with Crippen LogP contribution in [0.1, 0.15) is 25.0 Å². The summed E-state index contributed by atoms with van der Waals surface area (Å²) in [5, 5.41) is 10.4. The van der Waals surface area contributed by atoms with Crippen LogP contribution in [-0.2, 0) is 0 Å². The zero-order chi connectivity index (χ0) is 9.84. The van der Waals surface area contributed by atoms with Gasteiger partial charge in [-0.25, -0.2) is 0 Å². The Morgan fingerprint density at radius 1 is 1.62 bits per heavy atom. The predicted molar refractivity (Wildman–Crippen MR) is 55.8 cm³/mol. The number of rotatable bonds is 3. The monoisotopic (exact) mass is 196 g/mol. The van der Waals surface area contributed by atoms with E-state index in [1.807, 2.05) is 19.1 Å². The third-order valence-corrected chi connectivity index (χ3v) is 2.24. The highest BCUT2D eigenvalue weighted by molar-refractivity contribution is 6.30. The largest absolute Gasteiger partial charge is 0.384 e. The molecule has 13 heavy (non-hydrogen) atoms. The van der Waals surface area contributed by atoms with Crippen LogP contribution in [0, 0.1) is 0 Å². The average Bonchev–Trinajstić information content (AvgIpc) is 2.15. The smallest absolute Gasteiger partial charge is 0.0998 e. The van der Waals surface area contributed by atoms with E-state index in [1.165, 1.54) is 0 Å². The van der Waals surface area contributed by atoms with Gasteiger partial charge in [0.05, 0.1) is 6.10 Å². The van der Waals surface area contributed by atoms with Gasteiger partial charge < -0.3 is 5.11 Å². The van der Waals surface area contributed by atoms with Crippen molar-refractivity contribution in [3.8, 4) is 0 Å². The van der Waals surface area contributed by atoms with Gasteiger partial charge in [0.25, 0.3) is 0 Å². The molecule has 1 atom stereocenters. The Hall–Kier alpha value is -0.790. The van der Waals surface area contributed by atoms with Crippen molar-refractivity contribution in [3.63, 3.8) is 0 Å². The van der Waals surface area contributed by atoms with E-state index in [9.17, 15) is 5.11 Å². The Morgan fingerprint density at radius 2 is 2.31 bits per heavy atom. The Labute approximate surface area is 83.7 Å². The number of aliphatic hydroxyl groups is 1. The van der Waals surface area contributed by atoms with Crippen LogP contribution in [0.5, 0.6) is 0 Å². The van der Waals surface area contributed by atoms with Gasteiger partial charge in [-0.05, 0) is 29.7 Å². The lowest BCUT2D eigenvalue weighted by molar-refractivity contribution is 0.212. The van der Waals surface area contributed by atoms with E-state index in [4.69, 9.17) is 11.6 Å². The van der Waals surface area contributed by atoms with Crippen molar-refractivity contribution in [3.05, 3.63) is 47.0 Å². The predicted octanol–water partition coefficient (Wildman–Crippen LogP) is 3.34. The van der Waals surface area contributed by atoms with Crippen molar-refractivity contribution in [1.82, 2.24) is 0 Å². The highest BCUT2D eigenvalue weighted by atomic mass is 35.5. The maximum Gasteiger partial charge on any atom is 0.0998 e. The molecule has 1 N–H and O–H groups in total. The van der Waals surface area contributed by atoms with Crippen LogP contribution in [0.4, 0.5) is 0 Å². The van der Waals surface area contributed by atoms with Crippen molar-refractivity contribution in [2.24, 2.45) is 0 Å². The Kier molecular flexibility index (Phi) is 3.52. The Morgan fingerprint density at radius 3 is 2.85 bits per heavy atom. The van der Waals surface area contributed by atoms with Crippen molar-refractivity contribution in [2.75, 3.05) is 0 Å². The standard InChI is InChI=1S/C11H13ClO/c1-3-8(2)11(13)9-5-4-6-10(12)7-9/h4-7,11,13H,2-3H2,1H3/t11-/m0/s1. The second kappa shape index (κ2) is 4.45. The quantitative estimate of drug-likeness (QED) is 0.736. The van der Waals surface area contributed by atoms with Crippen LogP contribution in [0.2, 0.25) is 5.02 Å². The van der Waals surface area contributed by atoms with Gasteiger partial charge in [0.2, 0.25) is 0 Å². The average molecular weight is 197 g/mol. The molecule has 0 aliphatic carbocycles. The van der Waals surface area contributed by atoms with Crippen molar-refractivity contribution in [1.29, 1.82) is 0 Å². The number of hydrogen-bond acceptors (Lipinski definition) is 1. The zero-order valence-electron chi connectivity index (χ0n) is 7.63. The molecule has 0 bridgehead atoms. The fourth-order valence-corrected chi connectivity index (χ4v) is 1.30. The van der Waals surface area contributed by atoms with E-state index in [2.05, 4.69) is 6.58 Å². The third-order valence-electron chi connectivity index (χ3n) is 2.01. The first kappa shape index (κ1) is 10.3. The molecular weight excluding hydrogens is 184 g/mol. The molecule has 1 aromatic rings. The summed E-state index contributed by atoms with van der Waals surface area (Å²) in [6.45, 7) is 5.75. The van der Waals surface area contributed by atoms with E-state index in [0.29, 0.717) is 5.02 Å². The molecule has 0 spiro atoms. The molecule has 0 aliphatic rings. The van der Waals surface area contributed by atoms with Crippen LogP contribution in [0.3, 0.4) is 0 Å². The normalized spacial score (nSPS) is 12.5. The molecule has 1 aromatic carbocycles. The first-order valence-corrected chi connectivity index (χ1v) is 4.64. The number of hydrogen-bond donors (Lipinski definition) is 1. The summed E-state index contributed by atoms with van der Waals surface area (Å²) in [4.78, 5) is 0. The summed E-state index contributed by atoms with van der Waals surface area (Å²) in [7, 11) is 0. The maximum absolute atomic E-state index is 9.76. The van der Waals surface area contributed by atoms with Gasteiger partial charge in [0.15, 0.2) is 0 Å². The molecule has 1 nitrogen and oxygen atoms in total. The molecule has 1 rings (SSSR count). The summed E-state index contributed by atoms with van der Waals surface area (Å²) in [6, 6.07) is 7.21. The first-order chi connectivity index (χ1) is 6.15. The van der Waals surface area contributed by atoms with E-state index >= 15 is 0 Å². The second-order valence-corrected chi connectivity index (χ2v) is 3.41. The molecule has 0 amide bonds. The molecule has 0 saturated carbocycles. The summed E-state index contributed by atoms with van der Waals surface area (Å²) < 4.78 is 0. The summed E-state index contributed by atoms with van der Waals surface area (Å²) in [6.07, 6.45) is 0.178. The fraction of sp³-hybridized carbons (Fsp3) is 0.273. The Balaban J connectivity index is 2.88. The molecular formula is C11H13ClO. The van der Waals surface area contributed by atoms with Crippen LogP contribution in [0.15, 0.2) is 36.4 Å². The SMILES string of the molecule is C=C(CC)[C@H](O)c1cccc(Cl)c1. The summed E-state index contributed by atoms with van der Waals surface area (Å²) in [5.74, 6) is 0. The van der Waals surface area contributed by atoms with Gasteiger partial charge in [-0.3, -0.25) is 0 Å². The topological polar surface area (TPSA) is 20.2 Å². The van der Waals surface area contributed by atoms with Crippen molar-refractivity contribution in [2.45, 2.75) is 19.4 Å². The fourth-order valence-electron chi connectivity index (χ4n) is 1.11. The molecule has 0 radical (unpaired) electrons. The van der Waals surface area contributed by atoms with Crippen LogP contribution in [-0.4, -0.2) is 5.11 Å². The first-order valence-electron chi connectivity index (χ1n) is 4.26. The molecule has 2 heteroatoms. The number of aliphatic hydroxyl groups excluding tert-OH is 1. The van der Waals surface area contributed by atoms with Crippen LogP contribution >= 0.6 is 11.6 Å². The lowest BCUT2D eigenvalue weighted by atomic mass is 10.0. The molecule has 0 aliphatic heterocycles. The van der Waals surface area contributed by atoms with E-state index in [-0.39, 0.29) is 0 Å². The molecule has 0 aromatic heterocycles. The van der Waals surface area contributed by atoms with Gasteiger partial charge in [-0.1, -0.05) is 37.2 Å². The number of benzene rings is 1. The minimum absolute atomic E-state index is 0.594. The van der Waals surface area contributed by atoms with Crippen LogP contribution < -0.4 is 0 Å². The van der Waals surface area contributed by atoms with Crippen molar-refractivity contribution < 1.29 is 5.11 Å². The molecule has 0 unspecified atom stereocenters. The third kappa shape index (κ3) is 2.58. The second-order valence-electron chi connectivity index (χ2n) is 2.97. The lowest BCUT2D eigenvalue weighted by Crippen LogP contribution is -1.99. The highest BCUT2D eigenvalue weighted by Crippen LogP contribution is 2.24. The minimum Gasteiger partial charge on any atom is -0.384 e. The van der Waals surface area contributed by atoms with Gasteiger partial charge in [0.1, 0.15) is 0 Å². The maximum atomic E-state index is 9.76. The zero-order valence-corrected chi connectivity index (χ0v) is 8.38. The molecule has 0 fully saturated rings. The molecule has 70 valence electrons. The number of halogens is 1. The minimum atomic E-state index is -0.594. The van der Waals surface area contributed by atoms with Gasteiger partial charge in [-0.2, -0.15) is 0 Å². The van der Waals surface area contributed by atoms with E-state index in [1.54, 1.807) is 12.1 Å². The van der Waals surface area contributed by atoms with Crippen LogP contribution in [0.25, 0.3) is 0 Å². The van der Waals surface area contributed by atoms with Gasteiger partial charge >= 0.3 is 0 Å². The summed E-state index contributed by atoms with van der Waals surface area (Å²) in [5.41, 5.74) is 1.61. The Bertz CT molecular complexity index is 307.